The molecule has 3 nitrogen and oxygen atoms in total. The average Bonchev–Trinajstić information content (AvgIpc) is 1.86. The van der Waals surface area contributed by atoms with E-state index < -0.39 is 5.72 Å². The minimum atomic E-state index is -0.737. The molecule has 0 aliphatic carbocycles. The van der Waals surface area contributed by atoms with Crippen LogP contribution >= 0.6 is 15.9 Å². The number of alkyl halides is 1. The third-order valence-electron chi connectivity index (χ3n) is 0.913. The Morgan fingerprint density at radius 3 is 2.64 bits per heavy atom. The van der Waals surface area contributed by atoms with E-state index >= 15 is 0 Å². The second-order valence-corrected chi connectivity index (χ2v) is 3.00. The summed E-state index contributed by atoms with van der Waals surface area (Å²) >= 11 is 2.99. The lowest BCUT2D eigenvalue weighted by molar-refractivity contribution is -0.151. The van der Waals surface area contributed by atoms with Gasteiger partial charge in [0, 0.05) is 6.21 Å². The zero-order chi connectivity index (χ0) is 8.91. The highest BCUT2D eigenvalue weighted by molar-refractivity contribution is 9.09. The van der Waals surface area contributed by atoms with Crippen LogP contribution in [0.15, 0.2) is 4.99 Å². The number of hydrogen-bond donors (Lipinski definition) is 0. The summed E-state index contributed by atoms with van der Waals surface area (Å²) < 4.78 is 4.94. The number of esters is 1. The molecule has 0 aliphatic rings. The van der Waals surface area contributed by atoms with E-state index in [9.17, 15) is 4.79 Å². The van der Waals surface area contributed by atoms with E-state index in [1.165, 1.54) is 0 Å². The molecule has 0 unspecified atom stereocenters. The fourth-order valence-corrected chi connectivity index (χ4v) is 0.758. The normalized spacial score (nSPS) is 12.0. The molecule has 0 saturated carbocycles. The maximum atomic E-state index is 10.8. The summed E-state index contributed by atoms with van der Waals surface area (Å²) in [5, 5.41) is 0.204. The maximum absolute atomic E-state index is 10.8. The molecule has 0 saturated heterocycles. The van der Waals surface area contributed by atoms with Gasteiger partial charge in [0.05, 0.1) is 0 Å². The van der Waals surface area contributed by atoms with E-state index in [-0.39, 0.29) is 11.3 Å². The van der Waals surface area contributed by atoms with Gasteiger partial charge in [-0.25, -0.2) is 0 Å². The molecule has 0 heterocycles. The van der Waals surface area contributed by atoms with Crippen LogP contribution < -0.4 is 0 Å². The standard InChI is InChI=1S/C7H12BrNO2/c1-4-9-7(2,3)11-6(10)5-8/h4H,5H2,1-3H3. The number of carbonyl (C=O) groups is 1. The summed E-state index contributed by atoms with van der Waals surface area (Å²) in [6.45, 7) is 5.24. The van der Waals surface area contributed by atoms with Crippen LogP contribution in [0.4, 0.5) is 0 Å². The highest BCUT2D eigenvalue weighted by atomic mass is 79.9. The molecule has 0 radical (unpaired) electrons. The van der Waals surface area contributed by atoms with Crippen LogP contribution in [0.25, 0.3) is 0 Å². The van der Waals surface area contributed by atoms with Crippen LogP contribution in [0.5, 0.6) is 0 Å². The van der Waals surface area contributed by atoms with E-state index in [4.69, 9.17) is 4.74 Å². The van der Waals surface area contributed by atoms with E-state index in [2.05, 4.69) is 20.9 Å². The van der Waals surface area contributed by atoms with Crippen molar-refractivity contribution in [1.29, 1.82) is 0 Å². The number of hydrogen-bond acceptors (Lipinski definition) is 3. The summed E-state index contributed by atoms with van der Waals surface area (Å²) in [5.41, 5.74) is -0.737. The molecule has 0 bridgehead atoms. The number of carbonyl (C=O) groups excluding carboxylic acids is 1. The first-order valence-corrected chi connectivity index (χ1v) is 4.41. The first-order valence-electron chi connectivity index (χ1n) is 3.29. The van der Waals surface area contributed by atoms with Crippen LogP contribution in [0.3, 0.4) is 0 Å². The van der Waals surface area contributed by atoms with E-state index in [0.29, 0.717) is 0 Å². The third kappa shape index (κ3) is 4.95. The molecular formula is C7H12BrNO2. The van der Waals surface area contributed by atoms with Crippen molar-refractivity contribution in [3.63, 3.8) is 0 Å². The molecule has 64 valence electrons. The van der Waals surface area contributed by atoms with Crippen LogP contribution in [-0.2, 0) is 9.53 Å². The van der Waals surface area contributed by atoms with E-state index in [1.54, 1.807) is 27.0 Å². The van der Waals surface area contributed by atoms with Gasteiger partial charge in [-0.1, -0.05) is 15.9 Å². The fourth-order valence-electron chi connectivity index (χ4n) is 0.643. The molecule has 11 heavy (non-hydrogen) atoms. The van der Waals surface area contributed by atoms with Gasteiger partial charge in [0.2, 0.25) is 0 Å². The minimum Gasteiger partial charge on any atom is -0.437 e. The minimum absolute atomic E-state index is 0.204. The first kappa shape index (κ1) is 10.6. The second kappa shape index (κ2) is 4.49. The Morgan fingerprint density at radius 2 is 2.27 bits per heavy atom. The predicted molar refractivity (Wildman–Crippen MR) is 48.1 cm³/mol. The Bertz CT molecular complexity index is 166. The molecule has 0 atom stereocenters. The van der Waals surface area contributed by atoms with Gasteiger partial charge in [-0.3, -0.25) is 9.79 Å². The van der Waals surface area contributed by atoms with Crippen molar-refractivity contribution >= 4 is 28.1 Å². The maximum Gasteiger partial charge on any atom is 0.318 e. The monoisotopic (exact) mass is 221 g/mol. The largest absolute Gasteiger partial charge is 0.437 e. The molecule has 0 aromatic rings. The molecule has 4 heteroatoms. The van der Waals surface area contributed by atoms with Gasteiger partial charge in [0.25, 0.3) is 0 Å². The smallest absolute Gasteiger partial charge is 0.318 e. The Hall–Kier alpha value is -0.380. The molecule has 0 aliphatic heterocycles. The van der Waals surface area contributed by atoms with Gasteiger partial charge in [0.15, 0.2) is 5.72 Å². The van der Waals surface area contributed by atoms with Crippen molar-refractivity contribution in [3.05, 3.63) is 0 Å². The van der Waals surface area contributed by atoms with Gasteiger partial charge in [-0.05, 0) is 20.8 Å². The summed E-state index contributed by atoms with van der Waals surface area (Å²) in [4.78, 5) is 14.7. The van der Waals surface area contributed by atoms with Crippen molar-refractivity contribution in [2.75, 3.05) is 5.33 Å². The van der Waals surface area contributed by atoms with Crippen LogP contribution in [-0.4, -0.2) is 23.2 Å². The van der Waals surface area contributed by atoms with Crippen LogP contribution in [0, 0.1) is 0 Å². The second-order valence-electron chi connectivity index (χ2n) is 2.44. The highest BCUT2D eigenvalue weighted by Gasteiger charge is 2.19. The molecule has 0 rings (SSSR count). The molecule has 0 fully saturated rings. The van der Waals surface area contributed by atoms with Crippen molar-refractivity contribution in [3.8, 4) is 0 Å². The van der Waals surface area contributed by atoms with Gasteiger partial charge < -0.3 is 4.74 Å². The fraction of sp³-hybridized carbons (Fsp3) is 0.714. The quantitative estimate of drug-likeness (QED) is 0.414. The van der Waals surface area contributed by atoms with Gasteiger partial charge >= 0.3 is 5.97 Å². The van der Waals surface area contributed by atoms with Crippen LogP contribution in [0.1, 0.15) is 20.8 Å². The van der Waals surface area contributed by atoms with Crippen molar-refractivity contribution in [1.82, 2.24) is 0 Å². The summed E-state index contributed by atoms with van der Waals surface area (Å²) in [6.07, 6.45) is 1.61. The zero-order valence-corrected chi connectivity index (χ0v) is 8.51. The van der Waals surface area contributed by atoms with E-state index in [0.717, 1.165) is 0 Å². The molecule has 0 amide bonds. The highest BCUT2D eigenvalue weighted by Crippen LogP contribution is 2.10. The molecule has 0 spiro atoms. The van der Waals surface area contributed by atoms with Crippen molar-refractivity contribution in [2.45, 2.75) is 26.5 Å². The predicted octanol–water partition coefficient (Wildman–Crippen LogP) is 1.75. The van der Waals surface area contributed by atoms with Gasteiger partial charge in [-0.15, -0.1) is 0 Å². The van der Waals surface area contributed by atoms with Gasteiger partial charge in [0.1, 0.15) is 5.33 Å². The number of aliphatic imine (C=N–C) groups is 1. The molecular weight excluding hydrogens is 210 g/mol. The Kier molecular flexibility index (Phi) is 4.33. The topological polar surface area (TPSA) is 38.7 Å². The Morgan fingerprint density at radius 1 is 1.73 bits per heavy atom. The summed E-state index contributed by atoms with van der Waals surface area (Å²) in [5.74, 6) is -0.305. The van der Waals surface area contributed by atoms with Crippen molar-refractivity contribution in [2.24, 2.45) is 4.99 Å². The van der Waals surface area contributed by atoms with Gasteiger partial charge in [-0.2, -0.15) is 0 Å². The summed E-state index contributed by atoms with van der Waals surface area (Å²) in [7, 11) is 0. The number of ether oxygens (including phenoxy) is 1. The lowest BCUT2D eigenvalue weighted by Crippen LogP contribution is -2.26. The SMILES string of the molecule is CC=NC(C)(C)OC(=O)CBr. The first-order chi connectivity index (χ1) is 5.02. The summed E-state index contributed by atoms with van der Waals surface area (Å²) in [6, 6.07) is 0. The molecule has 0 aromatic heterocycles. The Balaban J connectivity index is 4.01. The lowest BCUT2D eigenvalue weighted by atomic mass is 10.3. The number of nitrogens with zero attached hydrogens (tertiary/aromatic N) is 1. The zero-order valence-electron chi connectivity index (χ0n) is 6.93. The average molecular weight is 222 g/mol. The van der Waals surface area contributed by atoms with E-state index in [1.807, 2.05) is 0 Å². The number of halogens is 1. The third-order valence-corrected chi connectivity index (χ3v) is 1.37. The lowest BCUT2D eigenvalue weighted by Gasteiger charge is -2.19. The van der Waals surface area contributed by atoms with Crippen molar-refractivity contribution < 1.29 is 9.53 Å². The number of rotatable bonds is 3. The Labute approximate surface area is 75.0 Å². The van der Waals surface area contributed by atoms with Crippen LogP contribution in [0.2, 0.25) is 0 Å². The molecule has 0 aromatic carbocycles. The molecule has 0 N–H and O–H groups in total.